The Morgan fingerprint density at radius 2 is 1.48 bits per heavy atom. The Morgan fingerprint density at radius 3 is 2.00 bits per heavy atom. The molecule has 148 valence electrons. The van der Waals surface area contributed by atoms with Crippen molar-refractivity contribution in [3.05, 3.63) is 29.3 Å². The summed E-state index contributed by atoms with van der Waals surface area (Å²) in [5.41, 5.74) is 1.29. The van der Waals surface area contributed by atoms with Crippen LogP contribution in [0.25, 0.3) is 0 Å². The highest BCUT2D eigenvalue weighted by molar-refractivity contribution is 6.21. The van der Waals surface area contributed by atoms with Crippen molar-refractivity contribution >= 4 is 23.5 Å². The van der Waals surface area contributed by atoms with E-state index in [1.165, 1.54) is 4.90 Å². The summed E-state index contributed by atoms with van der Waals surface area (Å²) in [5.74, 6) is 0.368. The van der Waals surface area contributed by atoms with Gasteiger partial charge in [0.25, 0.3) is 11.8 Å². The number of anilines is 1. The van der Waals surface area contributed by atoms with Gasteiger partial charge in [-0.1, -0.05) is 41.5 Å². The van der Waals surface area contributed by atoms with Crippen molar-refractivity contribution in [3.8, 4) is 0 Å². The van der Waals surface area contributed by atoms with Crippen molar-refractivity contribution in [2.24, 2.45) is 17.8 Å². The fourth-order valence-electron chi connectivity index (χ4n) is 3.22. The quantitative estimate of drug-likeness (QED) is 0.732. The summed E-state index contributed by atoms with van der Waals surface area (Å²) in [4.78, 5) is 40.8. The van der Waals surface area contributed by atoms with Gasteiger partial charge in [0.05, 0.1) is 11.1 Å². The lowest BCUT2D eigenvalue weighted by Gasteiger charge is -2.26. The molecule has 1 aromatic rings. The highest BCUT2D eigenvalue weighted by Gasteiger charge is 2.35. The number of carbonyl (C=O) groups excluding carboxylic acids is 3. The number of hydrogen-bond donors (Lipinski definition) is 1. The van der Waals surface area contributed by atoms with Crippen LogP contribution in [-0.4, -0.2) is 47.3 Å². The monoisotopic (exact) mass is 373 g/mol. The van der Waals surface area contributed by atoms with Gasteiger partial charge >= 0.3 is 6.03 Å². The Labute approximate surface area is 161 Å². The Kier molecular flexibility index (Phi) is 6.63. The highest BCUT2D eigenvalue weighted by atomic mass is 16.2. The molecule has 1 aliphatic heterocycles. The van der Waals surface area contributed by atoms with Gasteiger partial charge in [0.2, 0.25) is 0 Å². The van der Waals surface area contributed by atoms with Gasteiger partial charge in [-0.15, -0.1) is 0 Å². The first kappa shape index (κ1) is 20.9. The second-order valence-corrected chi connectivity index (χ2v) is 8.50. The number of nitrogens with one attached hydrogen (secondary N) is 1. The molecule has 1 aliphatic rings. The molecule has 0 aromatic heterocycles. The van der Waals surface area contributed by atoms with Crippen molar-refractivity contribution < 1.29 is 14.4 Å². The molecule has 0 spiro atoms. The van der Waals surface area contributed by atoms with Crippen LogP contribution in [0.15, 0.2) is 18.2 Å². The van der Waals surface area contributed by atoms with E-state index in [0.29, 0.717) is 48.3 Å². The van der Waals surface area contributed by atoms with E-state index in [-0.39, 0.29) is 23.8 Å². The zero-order chi connectivity index (χ0) is 20.3. The van der Waals surface area contributed by atoms with Crippen LogP contribution >= 0.6 is 0 Å². The third kappa shape index (κ3) is 5.08. The van der Waals surface area contributed by atoms with Gasteiger partial charge < -0.3 is 10.2 Å². The third-order valence-electron chi connectivity index (χ3n) is 4.23. The molecular weight excluding hydrogens is 342 g/mol. The van der Waals surface area contributed by atoms with Crippen molar-refractivity contribution in [1.29, 1.82) is 0 Å². The molecule has 0 fully saturated rings. The maximum absolute atomic E-state index is 12.7. The van der Waals surface area contributed by atoms with Crippen molar-refractivity contribution in [2.75, 3.05) is 25.0 Å². The van der Waals surface area contributed by atoms with Crippen molar-refractivity contribution in [3.63, 3.8) is 0 Å². The van der Waals surface area contributed by atoms with Crippen LogP contribution < -0.4 is 5.32 Å². The van der Waals surface area contributed by atoms with Gasteiger partial charge in [0.15, 0.2) is 0 Å². The SMILES string of the molecule is CC(C)CN(CC(C)C)C(=O)Nc1ccc2c(c1)C(=O)N(CC(C)C)C2=O. The number of imide groups is 1. The predicted molar refractivity (Wildman–Crippen MR) is 107 cm³/mol. The van der Waals surface area contributed by atoms with E-state index < -0.39 is 0 Å². The molecule has 4 amide bonds. The summed E-state index contributed by atoms with van der Waals surface area (Å²) >= 11 is 0. The van der Waals surface area contributed by atoms with E-state index in [2.05, 4.69) is 33.0 Å². The molecule has 27 heavy (non-hydrogen) atoms. The molecule has 1 aromatic carbocycles. The molecule has 1 heterocycles. The van der Waals surface area contributed by atoms with Crippen LogP contribution in [0.3, 0.4) is 0 Å². The fraction of sp³-hybridized carbons (Fsp3) is 0.571. The van der Waals surface area contributed by atoms with E-state index in [0.717, 1.165) is 0 Å². The van der Waals surface area contributed by atoms with Crippen LogP contribution in [0.5, 0.6) is 0 Å². The summed E-state index contributed by atoms with van der Waals surface area (Å²) in [6.45, 7) is 13.9. The predicted octanol–water partition coefficient (Wildman–Crippen LogP) is 4.08. The second kappa shape index (κ2) is 8.55. The number of fused-ring (bicyclic) bond motifs is 1. The van der Waals surface area contributed by atoms with Crippen molar-refractivity contribution in [1.82, 2.24) is 9.80 Å². The lowest BCUT2D eigenvalue weighted by Crippen LogP contribution is -2.39. The number of benzene rings is 1. The van der Waals surface area contributed by atoms with E-state index in [1.54, 1.807) is 23.1 Å². The molecule has 0 atom stereocenters. The molecular formula is C21H31N3O3. The first-order valence-corrected chi connectivity index (χ1v) is 9.66. The van der Waals surface area contributed by atoms with E-state index in [4.69, 9.17) is 0 Å². The standard InChI is InChI=1S/C21H31N3O3/c1-13(2)10-23(11-14(3)4)21(27)22-16-7-8-17-18(9-16)20(26)24(19(17)25)12-15(5)6/h7-9,13-15H,10-12H2,1-6H3,(H,22,27). The van der Waals surface area contributed by atoms with Gasteiger partial charge in [-0.3, -0.25) is 14.5 Å². The van der Waals surface area contributed by atoms with Gasteiger partial charge in [-0.25, -0.2) is 4.79 Å². The summed E-state index contributed by atoms with van der Waals surface area (Å²) in [6.07, 6.45) is 0. The smallest absolute Gasteiger partial charge is 0.321 e. The summed E-state index contributed by atoms with van der Waals surface area (Å²) < 4.78 is 0. The minimum absolute atomic E-state index is 0.187. The number of nitrogens with zero attached hydrogens (tertiary/aromatic N) is 2. The van der Waals surface area contributed by atoms with E-state index >= 15 is 0 Å². The number of urea groups is 1. The lowest BCUT2D eigenvalue weighted by atomic mass is 10.1. The molecule has 0 bridgehead atoms. The average Bonchev–Trinajstić information content (AvgIpc) is 2.78. The Balaban J connectivity index is 2.18. The Morgan fingerprint density at radius 1 is 0.926 bits per heavy atom. The zero-order valence-electron chi connectivity index (χ0n) is 17.2. The van der Waals surface area contributed by atoms with Crippen LogP contribution in [0, 0.1) is 17.8 Å². The largest absolute Gasteiger partial charge is 0.324 e. The minimum Gasteiger partial charge on any atom is -0.324 e. The maximum Gasteiger partial charge on any atom is 0.321 e. The minimum atomic E-state index is -0.291. The van der Waals surface area contributed by atoms with Gasteiger partial charge in [0, 0.05) is 25.3 Å². The molecule has 0 saturated heterocycles. The number of rotatable bonds is 7. The zero-order valence-corrected chi connectivity index (χ0v) is 17.2. The molecule has 0 unspecified atom stereocenters. The van der Waals surface area contributed by atoms with Crippen molar-refractivity contribution in [2.45, 2.75) is 41.5 Å². The summed E-state index contributed by atoms with van der Waals surface area (Å²) in [6, 6.07) is 4.73. The van der Waals surface area contributed by atoms with Crippen LogP contribution in [0.1, 0.15) is 62.3 Å². The first-order valence-electron chi connectivity index (χ1n) is 9.66. The maximum atomic E-state index is 12.7. The third-order valence-corrected chi connectivity index (χ3v) is 4.23. The van der Waals surface area contributed by atoms with Gasteiger partial charge in [0.1, 0.15) is 0 Å². The molecule has 6 heteroatoms. The molecule has 6 nitrogen and oxygen atoms in total. The van der Waals surface area contributed by atoms with E-state index in [9.17, 15) is 14.4 Å². The Hall–Kier alpha value is -2.37. The van der Waals surface area contributed by atoms with Gasteiger partial charge in [-0.2, -0.15) is 0 Å². The number of amides is 4. The van der Waals surface area contributed by atoms with Crippen LogP contribution in [0.2, 0.25) is 0 Å². The topological polar surface area (TPSA) is 69.7 Å². The lowest BCUT2D eigenvalue weighted by molar-refractivity contribution is 0.0636. The van der Waals surface area contributed by atoms with Crippen LogP contribution in [-0.2, 0) is 0 Å². The first-order chi connectivity index (χ1) is 12.6. The number of hydrogen-bond acceptors (Lipinski definition) is 3. The fourth-order valence-corrected chi connectivity index (χ4v) is 3.22. The summed E-state index contributed by atoms with van der Waals surface area (Å²) in [7, 11) is 0. The molecule has 0 aliphatic carbocycles. The molecule has 0 saturated carbocycles. The van der Waals surface area contributed by atoms with E-state index in [1.807, 2.05) is 13.8 Å². The molecule has 0 radical (unpaired) electrons. The summed E-state index contributed by atoms with van der Waals surface area (Å²) in [5, 5.41) is 2.88. The Bertz CT molecular complexity index is 715. The average molecular weight is 373 g/mol. The molecule has 1 N–H and O–H groups in total. The second-order valence-electron chi connectivity index (χ2n) is 8.50. The number of carbonyl (C=O) groups is 3. The van der Waals surface area contributed by atoms with Crippen LogP contribution in [0.4, 0.5) is 10.5 Å². The highest BCUT2D eigenvalue weighted by Crippen LogP contribution is 2.26. The normalized spacial score (nSPS) is 13.7. The molecule has 2 rings (SSSR count). The van der Waals surface area contributed by atoms with Gasteiger partial charge in [-0.05, 0) is 36.0 Å².